The number of nitrogens with zero attached hydrogens (tertiary/aromatic N) is 1. The molecule has 0 radical (unpaired) electrons. The molecular formula is C8H9NO2. The standard InChI is InChI=1S/C8H9NO2/c10-8-6-2-1-4-9-7(6)3-5-11-8/h3-7H,1-2H2. The van der Waals surface area contributed by atoms with Crippen LogP contribution in [0.3, 0.4) is 0 Å². The topological polar surface area (TPSA) is 38.7 Å². The summed E-state index contributed by atoms with van der Waals surface area (Å²) in [5.74, 6) is -0.153. The number of aliphatic imine (C=N–C) groups is 1. The maximum atomic E-state index is 11.1. The van der Waals surface area contributed by atoms with E-state index in [1.165, 1.54) is 6.26 Å². The van der Waals surface area contributed by atoms with Crippen LogP contribution in [0.4, 0.5) is 0 Å². The average molecular weight is 151 g/mol. The van der Waals surface area contributed by atoms with E-state index in [0.29, 0.717) is 0 Å². The van der Waals surface area contributed by atoms with Gasteiger partial charge in [-0.3, -0.25) is 9.79 Å². The van der Waals surface area contributed by atoms with Gasteiger partial charge < -0.3 is 4.74 Å². The summed E-state index contributed by atoms with van der Waals surface area (Å²) in [6, 6.07) is 0.0463. The quantitative estimate of drug-likeness (QED) is 0.482. The Morgan fingerprint density at radius 2 is 2.55 bits per heavy atom. The van der Waals surface area contributed by atoms with Crippen LogP contribution in [0.1, 0.15) is 12.8 Å². The fraction of sp³-hybridized carbons (Fsp3) is 0.500. The SMILES string of the molecule is O=C1OC=CC2N=CCCC12. The van der Waals surface area contributed by atoms with Gasteiger partial charge in [0.25, 0.3) is 0 Å². The van der Waals surface area contributed by atoms with E-state index in [2.05, 4.69) is 4.99 Å². The Morgan fingerprint density at radius 3 is 3.36 bits per heavy atom. The fourth-order valence-electron chi connectivity index (χ4n) is 1.44. The van der Waals surface area contributed by atoms with Crippen LogP contribution >= 0.6 is 0 Å². The van der Waals surface area contributed by atoms with Crippen LogP contribution < -0.4 is 0 Å². The second kappa shape index (κ2) is 2.49. The predicted octanol–water partition coefficient (Wildman–Crippen LogP) is 0.906. The first kappa shape index (κ1) is 6.58. The molecule has 58 valence electrons. The maximum Gasteiger partial charge on any atom is 0.316 e. The van der Waals surface area contributed by atoms with Crippen LogP contribution in [0.25, 0.3) is 0 Å². The molecule has 0 aromatic rings. The van der Waals surface area contributed by atoms with Crippen molar-refractivity contribution in [3.8, 4) is 0 Å². The van der Waals surface area contributed by atoms with Crippen molar-refractivity contribution in [1.82, 2.24) is 0 Å². The molecule has 3 nitrogen and oxygen atoms in total. The van der Waals surface area contributed by atoms with E-state index in [9.17, 15) is 4.79 Å². The van der Waals surface area contributed by atoms with E-state index in [4.69, 9.17) is 4.74 Å². The first-order valence-corrected chi connectivity index (χ1v) is 3.77. The number of hydrogen-bond donors (Lipinski definition) is 0. The molecule has 0 saturated carbocycles. The van der Waals surface area contributed by atoms with E-state index in [-0.39, 0.29) is 17.9 Å². The van der Waals surface area contributed by atoms with E-state index >= 15 is 0 Å². The van der Waals surface area contributed by atoms with E-state index in [1.807, 2.05) is 12.3 Å². The zero-order chi connectivity index (χ0) is 7.68. The van der Waals surface area contributed by atoms with Gasteiger partial charge in [-0.1, -0.05) is 0 Å². The molecule has 11 heavy (non-hydrogen) atoms. The van der Waals surface area contributed by atoms with Crippen molar-refractivity contribution in [2.75, 3.05) is 0 Å². The van der Waals surface area contributed by atoms with Crippen molar-refractivity contribution in [1.29, 1.82) is 0 Å². The molecule has 2 aliphatic rings. The molecular weight excluding hydrogens is 142 g/mol. The Balaban J connectivity index is 2.25. The number of esters is 1. The van der Waals surface area contributed by atoms with Crippen molar-refractivity contribution < 1.29 is 9.53 Å². The fourth-order valence-corrected chi connectivity index (χ4v) is 1.44. The lowest BCUT2D eigenvalue weighted by Gasteiger charge is -2.24. The smallest absolute Gasteiger partial charge is 0.316 e. The number of ether oxygens (including phenoxy) is 1. The third-order valence-corrected chi connectivity index (χ3v) is 2.06. The Morgan fingerprint density at radius 1 is 1.64 bits per heavy atom. The highest BCUT2D eigenvalue weighted by molar-refractivity contribution is 5.77. The first-order chi connectivity index (χ1) is 5.38. The number of rotatable bonds is 0. The van der Waals surface area contributed by atoms with E-state index in [1.54, 1.807) is 0 Å². The van der Waals surface area contributed by atoms with Gasteiger partial charge in [0.15, 0.2) is 0 Å². The first-order valence-electron chi connectivity index (χ1n) is 3.77. The molecule has 0 aromatic heterocycles. The summed E-state index contributed by atoms with van der Waals surface area (Å²) in [5, 5.41) is 0. The van der Waals surface area contributed by atoms with E-state index in [0.717, 1.165) is 12.8 Å². The lowest BCUT2D eigenvalue weighted by Crippen LogP contribution is -2.32. The second-order valence-electron chi connectivity index (χ2n) is 2.77. The Labute approximate surface area is 64.8 Å². The van der Waals surface area contributed by atoms with Gasteiger partial charge in [-0.25, -0.2) is 0 Å². The van der Waals surface area contributed by atoms with Gasteiger partial charge in [0.1, 0.15) is 0 Å². The minimum Gasteiger partial charge on any atom is -0.434 e. The third kappa shape index (κ3) is 1.06. The molecule has 0 amide bonds. The normalized spacial score (nSPS) is 34.7. The molecule has 0 saturated heterocycles. The maximum absolute atomic E-state index is 11.1. The van der Waals surface area contributed by atoms with Crippen LogP contribution in [0.15, 0.2) is 17.3 Å². The van der Waals surface area contributed by atoms with E-state index < -0.39 is 0 Å². The minimum atomic E-state index is -0.130. The molecule has 0 aromatic carbocycles. The monoisotopic (exact) mass is 151 g/mol. The molecule has 2 heterocycles. The molecule has 2 unspecified atom stereocenters. The number of fused-ring (bicyclic) bond motifs is 1. The Bertz CT molecular complexity index is 232. The Kier molecular flexibility index (Phi) is 1.49. The number of cyclic esters (lactones) is 1. The third-order valence-electron chi connectivity index (χ3n) is 2.06. The van der Waals surface area contributed by atoms with Gasteiger partial charge in [0.05, 0.1) is 18.2 Å². The van der Waals surface area contributed by atoms with Gasteiger partial charge in [0, 0.05) is 0 Å². The number of carbonyl (C=O) groups excluding carboxylic acids is 1. The summed E-state index contributed by atoms with van der Waals surface area (Å²) in [7, 11) is 0. The molecule has 2 atom stereocenters. The van der Waals surface area contributed by atoms with Crippen molar-refractivity contribution in [3.63, 3.8) is 0 Å². The molecule has 0 fully saturated rings. The molecule has 0 N–H and O–H groups in total. The van der Waals surface area contributed by atoms with Gasteiger partial charge in [-0.2, -0.15) is 0 Å². The minimum absolute atomic E-state index is 0.0231. The largest absolute Gasteiger partial charge is 0.434 e. The van der Waals surface area contributed by atoms with Crippen LogP contribution in [-0.4, -0.2) is 18.2 Å². The summed E-state index contributed by atoms with van der Waals surface area (Å²) in [6.07, 6.45) is 6.92. The highest BCUT2D eigenvalue weighted by atomic mass is 16.5. The molecule has 0 aliphatic carbocycles. The molecule has 2 aliphatic heterocycles. The van der Waals surface area contributed by atoms with Crippen LogP contribution in [0, 0.1) is 5.92 Å². The Hall–Kier alpha value is -1.12. The van der Waals surface area contributed by atoms with Gasteiger partial charge >= 0.3 is 5.97 Å². The number of carbonyl (C=O) groups is 1. The van der Waals surface area contributed by atoms with Gasteiger partial charge in [0.2, 0.25) is 0 Å². The van der Waals surface area contributed by atoms with Crippen LogP contribution in [0.2, 0.25) is 0 Å². The highest BCUT2D eigenvalue weighted by Crippen LogP contribution is 2.24. The van der Waals surface area contributed by atoms with Crippen molar-refractivity contribution in [2.45, 2.75) is 18.9 Å². The summed E-state index contributed by atoms with van der Waals surface area (Å²) in [4.78, 5) is 15.3. The average Bonchev–Trinajstić information content (AvgIpc) is 2.06. The summed E-state index contributed by atoms with van der Waals surface area (Å²) >= 11 is 0. The summed E-state index contributed by atoms with van der Waals surface area (Å²) < 4.78 is 4.75. The van der Waals surface area contributed by atoms with Crippen molar-refractivity contribution in [3.05, 3.63) is 12.3 Å². The zero-order valence-corrected chi connectivity index (χ0v) is 6.06. The molecule has 3 heteroatoms. The summed E-state index contributed by atoms with van der Waals surface area (Å²) in [5.41, 5.74) is 0. The summed E-state index contributed by atoms with van der Waals surface area (Å²) in [6.45, 7) is 0. The number of hydrogen-bond acceptors (Lipinski definition) is 3. The molecule has 2 rings (SSSR count). The molecule has 0 spiro atoms. The second-order valence-corrected chi connectivity index (χ2v) is 2.77. The lowest BCUT2D eigenvalue weighted by atomic mass is 9.92. The predicted molar refractivity (Wildman–Crippen MR) is 40.2 cm³/mol. The van der Waals surface area contributed by atoms with Crippen LogP contribution in [-0.2, 0) is 9.53 Å². The van der Waals surface area contributed by atoms with Crippen molar-refractivity contribution in [2.24, 2.45) is 10.9 Å². The van der Waals surface area contributed by atoms with Crippen LogP contribution in [0.5, 0.6) is 0 Å². The lowest BCUT2D eigenvalue weighted by molar-refractivity contribution is -0.144. The molecule has 0 bridgehead atoms. The van der Waals surface area contributed by atoms with Crippen molar-refractivity contribution >= 4 is 12.2 Å². The van der Waals surface area contributed by atoms with Gasteiger partial charge in [-0.05, 0) is 25.1 Å². The zero-order valence-electron chi connectivity index (χ0n) is 6.06. The highest BCUT2D eigenvalue weighted by Gasteiger charge is 2.31. The van der Waals surface area contributed by atoms with Gasteiger partial charge in [-0.15, -0.1) is 0 Å².